The lowest BCUT2D eigenvalue weighted by Crippen LogP contribution is -3.00. The number of ether oxygens (including phenoxy) is 2. The molecule has 4 rings (SSSR count). The first kappa shape index (κ1) is 24.5. The molecule has 0 heterocycles. The van der Waals surface area contributed by atoms with Crippen LogP contribution in [0.2, 0.25) is 0 Å². The van der Waals surface area contributed by atoms with Crippen LogP contribution < -0.4 is 33.1 Å². The third-order valence-corrected chi connectivity index (χ3v) is 10.1. The van der Waals surface area contributed by atoms with Gasteiger partial charge in [-0.2, -0.15) is 0 Å². The van der Waals surface area contributed by atoms with E-state index in [9.17, 15) is 4.79 Å². The average molecular weight is 477 g/mol. The fraction of sp³-hybridized carbons (Fsp3) is 0.107. The van der Waals surface area contributed by atoms with Crippen molar-refractivity contribution in [1.82, 2.24) is 0 Å². The van der Waals surface area contributed by atoms with Crippen LogP contribution in [0.5, 0.6) is 5.75 Å². The molecule has 0 fully saturated rings. The van der Waals surface area contributed by atoms with Crippen LogP contribution in [0.15, 0.2) is 109 Å². The molecule has 0 aliphatic heterocycles. The van der Waals surface area contributed by atoms with Crippen molar-refractivity contribution in [3.63, 3.8) is 0 Å². The predicted octanol–water partition coefficient (Wildman–Crippen LogP) is 1.98. The van der Waals surface area contributed by atoms with Crippen LogP contribution in [-0.4, -0.2) is 20.2 Å². The van der Waals surface area contributed by atoms with Gasteiger partial charge in [-0.1, -0.05) is 66.7 Å². The Kier molecular flexibility index (Phi) is 8.27. The van der Waals surface area contributed by atoms with E-state index in [1.54, 1.807) is 7.11 Å². The predicted molar refractivity (Wildman–Crippen MR) is 133 cm³/mol. The van der Waals surface area contributed by atoms with Crippen molar-refractivity contribution in [2.75, 3.05) is 14.2 Å². The molecule has 4 aromatic carbocycles. The Bertz CT molecular complexity index is 1090. The second-order valence-corrected chi connectivity index (χ2v) is 10.9. The Morgan fingerprint density at radius 1 is 0.667 bits per heavy atom. The van der Waals surface area contributed by atoms with Gasteiger partial charge in [0.2, 0.25) is 0 Å². The number of hydrogen-bond acceptors (Lipinski definition) is 3. The van der Waals surface area contributed by atoms with Gasteiger partial charge in [0.1, 0.15) is 34.5 Å². The number of hydrogen-bond donors (Lipinski definition) is 0. The number of carbonyl (C=O) groups is 1. The van der Waals surface area contributed by atoms with Crippen molar-refractivity contribution in [3.8, 4) is 5.75 Å². The van der Waals surface area contributed by atoms with Crippen molar-refractivity contribution < 1.29 is 26.7 Å². The zero-order valence-electron chi connectivity index (χ0n) is 18.6. The number of rotatable bonds is 7. The molecule has 0 bridgehead atoms. The lowest BCUT2D eigenvalue weighted by atomic mass is 10.1. The molecule has 0 saturated heterocycles. The molecule has 0 saturated carbocycles. The van der Waals surface area contributed by atoms with Gasteiger partial charge in [-0.05, 0) is 42.5 Å². The summed E-state index contributed by atoms with van der Waals surface area (Å²) < 4.78 is 10.7. The highest BCUT2D eigenvalue weighted by Gasteiger charge is 2.46. The van der Waals surface area contributed by atoms with E-state index in [0.717, 1.165) is 5.56 Å². The lowest BCUT2D eigenvalue weighted by Gasteiger charge is -2.28. The molecule has 0 amide bonds. The minimum Gasteiger partial charge on any atom is -1.00 e. The van der Waals surface area contributed by atoms with Gasteiger partial charge in [0.15, 0.2) is 0 Å². The molecule has 0 aliphatic rings. The van der Waals surface area contributed by atoms with Crippen molar-refractivity contribution in [2.45, 2.75) is 6.16 Å². The van der Waals surface area contributed by atoms with Gasteiger partial charge in [-0.3, -0.25) is 0 Å². The molecule has 0 aliphatic carbocycles. The molecule has 4 aromatic rings. The summed E-state index contributed by atoms with van der Waals surface area (Å²) >= 11 is 0. The van der Waals surface area contributed by atoms with Gasteiger partial charge < -0.3 is 21.9 Å². The standard InChI is InChI=1S/C28H26O3P.ClH/c1-30-26-20-12-13-22(27(26)28(29)31-2)21-32(23-14-6-3-7-15-23,24-16-8-4-9-17-24)25-18-10-5-11-19-25;/h3-20H,21H2,1-2H3;1H/q+1;/p-1. The van der Waals surface area contributed by atoms with E-state index in [-0.39, 0.29) is 18.4 Å². The van der Waals surface area contributed by atoms with Crippen molar-refractivity contribution in [2.24, 2.45) is 0 Å². The maximum absolute atomic E-state index is 12.8. The van der Waals surface area contributed by atoms with Crippen LogP contribution in [0.1, 0.15) is 15.9 Å². The van der Waals surface area contributed by atoms with Crippen molar-refractivity contribution in [3.05, 3.63) is 120 Å². The molecular weight excluding hydrogens is 451 g/mol. The summed E-state index contributed by atoms with van der Waals surface area (Å²) in [5.74, 6) is 0.145. The summed E-state index contributed by atoms with van der Waals surface area (Å²) in [5.41, 5.74) is 1.41. The lowest BCUT2D eigenvalue weighted by molar-refractivity contribution is -0.0000219. The van der Waals surface area contributed by atoms with Gasteiger partial charge in [0, 0.05) is 5.56 Å². The van der Waals surface area contributed by atoms with E-state index < -0.39 is 7.26 Å². The van der Waals surface area contributed by atoms with Crippen LogP contribution >= 0.6 is 7.26 Å². The van der Waals surface area contributed by atoms with Crippen LogP contribution in [0, 0.1) is 0 Å². The maximum atomic E-state index is 12.8. The highest BCUT2D eigenvalue weighted by Crippen LogP contribution is 2.58. The third kappa shape index (κ3) is 4.80. The molecule has 0 atom stereocenters. The van der Waals surface area contributed by atoms with E-state index in [1.807, 2.05) is 36.4 Å². The first-order chi connectivity index (χ1) is 15.7. The molecule has 33 heavy (non-hydrogen) atoms. The first-order valence-corrected chi connectivity index (χ1v) is 12.5. The van der Waals surface area contributed by atoms with E-state index in [0.29, 0.717) is 17.5 Å². The van der Waals surface area contributed by atoms with Crippen LogP contribution in [0.3, 0.4) is 0 Å². The molecule has 168 valence electrons. The van der Waals surface area contributed by atoms with E-state index in [1.165, 1.54) is 23.0 Å². The fourth-order valence-corrected chi connectivity index (χ4v) is 8.50. The van der Waals surface area contributed by atoms with Gasteiger partial charge in [-0.15, -0.1) is 0 Å². The Balaban J connectivity index is 0.00000306. The summed E-state index contributed by atoms with van der Waals surface area (Å²) in [4.78, 5) is 12.8. The van der Waals surface area contributed by atoms with E-state index >= 15 is 0 Å². The molecule has 0 unspecified atom stereocenters. The van der Waals surface area contributed by atoms with E-state index in [2.05, 4.69) is 72.8 Å². The summed E-state index contributed by atoms with van der Waals surface area (Å²) in [6, 6.07) is 37.6. The molecule has 5 heteroatoms. The summed E-state index contributed by atoms with van der Waals surface area (Å²) in [6.45, 7) is 0. The molecule has 0 radical (unpaired) electrons. The first-order valence-electron chi connectivity index (χ1n) is 10.5. The molecule has 0 aromatic heterocycles. The topological polar surface area (TPSA) is 35.5 Å². The zero-order valence-corrected chi connectivity index (χ0v) is 20.3. The summed E-state index contributed by atoms with van der Waals surface area (Å²) in [5, 5.41) is 3.78. The third-order valence-electron chi connectivity index (χ3n) is 5.72. The molecular formula is C28H26ClO3P. The summed E-state index contributed by atoms with van der Waals surface area (Å²) in [6.07, 6.45) is 0.673. The molecule has 3 nitrogen and oxygen atoms in total. The van der Waals surface area contributed by atoms with E-state index in [4.69, 9.17) is 9.47 Å². The monoisotopic (exact) mass is 476 g/mol. The largest absolute Gasteiger partial charge is 1.00 e. The maximum Gasteiger partial charge on any atom is 0.342 e. The van der Waals surface area contributed by atoms with Crippen molar-refractivity contribution in [1.29, 1.82) is 0 Å². The smallest absolute Gasteiger partial charge is 0.342 e. The van der Waals surface area contributed by atoms with Crippen LogP contribution in [0.25, 0.3) is 0 Å². The second kappa shape index (κ2) is 11.1. The van der Waals surface area contributed by atoms with Gasteiger partial charge in [-0.25, -0.2) is 4.79 Å². The van der Waals surface area contributed by atoms with Crippen LogP contribution in [0.4, 0.5) is 0 Å². The quantitative estimate of drug-likeness (QED) is 0.302. The Hall–Kier alpha value is -3.13. The van der Waals surface area contributed by atoms with Gasteiger partial charge >= 0.3 is 5.97 Å². The number of carbonyl (C=O) groups excluding carboxylic acids is 1. The molecule has 0 spiro atoms. The normalized spacial score (nSPS) is 10.7. The highest BCUT2D eigenvalue weighted by molar-refractivity contribution is 7.95. The Labute approximate surface area is 202 Å². The second-order valence-electron chi connectivity index (χ2n) is 7.46. The Morgan fingerprint density at radius 3 is 1.52 bits per heavy atom. The average Bonchev–Trinajstić information content (AvgIpc) is 2.88. The fourth-order valence-electron chi connectivity index (χ4n) is 4.24. The number of methoxy groups -OCH3 is 2. The number of halogens is 1. The SMILES string of the molecule is COC(=O)c1c(C[P+](c2ccccc2)(c2ccccc2)c2ccccc2)cccc1OC.[Cl-]. The highest BCUT2D eigenvalue weighted by atomic mass is 35.5. The van der Waals surface area contributed by atoms with Crippen LogP contribution in [-0.2, 0) is 10.9 Å². The zero-order chi connectivity index (χ0) is 22.4. The molecule has 0 N–H and O–H groups in total. The number of esters is 1. The minimum atomic E-state index is -2.15. The van der Waals surface area contributed by atoms with Crippen molar-refractivity contribution >= 4 is 29.1 Å². The minimum absolute atomic E-state index is 0. The van der Waals surface area contributed by atoms with Gasteiger partial charge in [0.25, 0.3) is 0 Å². The van der Waals surface area contributed by atoms with Gasteiger partial charge in [0.05, 0.1) is 20.4 Å². The summed E-state index contributed by atoms with van der Waals surface area (Å²) in [7, 11) is 0.846. The number of benzene rings is 4. The Morgan fingerprint density at radius 2 is 1.12 bits per heavy atom.